The molecular weight excluding hydrogens is 546 g/mol. The second-order valence-corrected chi connectivity index (χ2v) is 10.7. The number of aromatic nitrogens is 3. The molecule has 0 aliphatic carbocycles. The highest BCUT2D eigenvalue weighted by atomic mass is 15.0. The average Bonchev–Trinajstić information content (AvgIpc) is 3.91. The van der Waals surface area contributed by atoms with Crippen LogP contribution in [0.25, 0.3) is 82.5 Å². The summed E-state index contributed by atoms with van der Waals surface area (Å²) in [6.07, 6.45) is 0. The first-order chi connectivity index (χ1) is 28.6. The van der Waals surface area contributed by atoms with Gasteiger partial charge in [0.1, 0.15) is 0 Å². The van der Waals surface area contributed by atoms with Gasteiger partial charge in [-0.2, -0.15) is 0 Å². The van der Waals surface area contributed by atoms with Gasteiger partial charge < -0.3 is 13.7 Å². The van der Waals surface area contributed by atoms with Crippen molar-refractivity contribution < 1.29 is 20.6 Å². The second kappa shape index (κ2) is 9.22. The summed E-state index contributed by atoms with van der Waals surface area (Å²) in [5, 5.41) is 1.15. The normalized spacial score (nSPS) is 16.7. The largest absolute Gasteiger partial charge is 0.309 e. The zero-order valence-electron chi connectivity index (χ0n) is 38.3. The first kappa shape index (κ1) is 14.1. The summed E-state index contributed by atoms with van der Waals surface area (Å²) >= 11 is 0. The smallest absolute Gasteiger partial charge is 0.0646 e. The number of para-hydroxylation sites is 5. The second-order valence-electron chi connectivity index (χ2n) is 10.7. The summed E-state index contributed by atoms with van der Waals surface area (Å²) in [6.45, 7) is 0. The van der Waals surface area contributed by atoms with E-state index in [1.165, 1.54) is 4.57 Å². The maximum absolute atomic E-state index is 9.69. The number of hydrogen-bond donors (Lipinski definition) is 0. The third kappa shape index (κ3) is 3.35. The molecule has 0 N–H and O–H groups in total. The summed E-state index contributed by atoms with van der Waals surface area (Å²) < 4.78 is 139. The Morgan fingerprint density at radius 3 is 1.60 bits per heavy atom. The first-order valence-corrected chi connectivity index (χ1v) is 14.2. The molecule has 0 amide bonds. The highest BCUT2D eigenvalue weighted by molar-refractivity contribution is 6.29. The van der Waals surface area contributed by atoms with E-state index in [4.69, 9.17) is 13.7 Å². The van der Waals surface area contributed by atoms with E-state index >= 15 is 0 Å². The Kier molecular flexibility index (Phi) is 2.90. The molecule has 0 saturated heterocycles. The minimum atomic E-state index is -0.740. The molecule has 3 heteroatoms. The van der Waals surface area contributed by atoms with Crippen LogP contribution in [0.5, 0.6) is 0 Å². The molecule has 3 nitrogen and oxygen atoms in total. The van der Waals surface area contributed by atoms with Crippen LogP contribution < -0.4 is 0 Å². The summed E-state index contributed by atoms with van der Waals surface area (Å²) in [6, 6.07) is 13.4. The number of hydrogen-bond acceptors (Lipinski definition) is 0. The minimum absolute atomic E-state index is 0.0408. The van der Waals surface area contributed by atoms with E-state index in [1.54, 1.807) is 6.07 Å². The lowest BCUT2D eigenvalue weighted by molar-refractivity contribution is 1.16. The van der Waals surface area contributed by atoms with Crippen molar-refractivity contribution >= 4 is 65.4 Å². The molecule has 10 rings (SSSR count). The van der Waals surface area contributed by atoms with Crippen molar-refractivity contribution in [2.45, 2.75) is 0 Å². The summed E-state index contributed by atoms with van der Waals surface area (Å²) in [5.41, 5.74) is 1.69. The number of fused-ring (bicyclic) bond motifs is 10. The van der Waals surface area contributed by atoms with Crippen LogP contribution in [-0.4, -0.2) is 13.7 Å². The van der Waals surface area contributed by atoms with Crippen LogP contribution in [0, 0.1) is 0 Å². The van der Waals surface area contributed by atoms with E-state index in [2.05, 4.69) is 4.57 Å². The van der Waals surface area contributed by atoms with Crippen LogP contribution in [-0.2, 0) is 0 Å². The van der Waals surface area contributed by atoms with Crippen molar-refractivity contribution in [1.82, 2.24) is 13.7 Å². The third-order valence-corrected chi connectivity index (χ3v) is 8.39. The molecule has 0 unspecified atom stereocenters. The van der Waals surface area contributed by atoms with Gasteiger partial charge in [0.15, 0.2) is 0 Å². The molecule has 0 spiro atoms. The predicted molar refractivity (Wildman–Crippen MR) is 189 cm³/mol. The van der Waals surface area contributed by atoms with E-state index in [0.29, 0.717) is 5.69 Å². The lowest BCUT2D eigenvalue weighted by Gasteiger charge is -2.11. The molecule has 7 aromatic carbocycles. The van der Waals surface area contributed by atoms with E-state index in [-0.39, 0.29) is 43.6 Å². The van der Waals surface area contributed by atoms with Gasteiger partial charge in [0.05, 0.1) is 53.7 Å². The van der Waals surface area contributed by atoms with Crippen molar-refractivity contribution in [2.24, 2.45) is 0 Å². The molecule has 210 valence electrons. The van der Waals surface area contributed by atoms with Crippen LogP contribution in [0.15, 0.2) is 163 Å². The van der Waals surface area contributed by atoms with E-state index in [0.717, 1.165) is 32.1 Å². The Morgan fingerprint density at radius 1 is 0.333 bits per heavy atom. The standard InChI is InChI=1S/C42H27N3/c1-3-13-28(14-4-1)43-35-20-10-7-17-31(35)34-27-30(23-24-38(34)43)45-37-22-12-9-19-33(37)42-40(45)26-25-39-41(42)32-18-8-11-21-36(32)44(39)29-15-5-2-6-16-29/h1-27H/i2D,5D,6D,8D,9D,11D,12D,15D,16D,18D,19D,21D,22D,25D,26D. The molecule has 0 bridgehead atoms. The monoisotopic (exact) mass is 588 g/mol. The zero-order chi connectivity index (χ0) is 42.5. The fourth-order valence-corrected chi connectivity index (χ4v) is 6.63. The van der Waals surface area contributed by atoms with Crippen molar-refractivity contribution in [1.29, 1.82) is 0 Å². The van der Waals surface area contributed by atoms with Gasteiger partial charge >= 0.3 is 0 Å². The summed E-state index contributed by atoms with van der Waals surface area (Å²) in [4.78, 5) is 0. The van der Waals surface area contributed by atoms with Gasteiger partial charge in [0.25, 0.3) is 0 Å². The van der Waals surface area contributed by atoms with Crippen molar-refractivity contribution in [3.63, 3.8) is 0 Å². The average molecular weight is 589 g/mol. The Labute approximate surface area is 280 Å². The zero-order valence-corrected chi connectivity index (χ0v) is 23.3. The molecule has 0 radical (unpaired) electrons. The molecule has 3 heterocycles. The topological polar surface area (TPSA) is 14.8 Å². The van der Waals surface area contributed by atoms with Gasteiger partial charge in [-0.25, -0.2) is 0 Å². The Balaban J connectivity index is 1.48. The highest BCUT2D eigenvalue weighted by Gasteiger charge is 2.21. The first-order valence-electron chi connectivity index (χ1n) is 21.7. The summed E-state index contributed by atoms with van der Waals surface area (Å²) in [7, 11) is 0. The van der Waals surface area contributed by atoms with E-state index in [1.807, 2.05) is 66.7 Å². The highest BCUT2D eigenvalue weighted by Crippen LogP contribution is 2.43. The lowest BCUT2D eigenvalue weighted by atomic mass is 10.1. The van der Waals surface area contributed by atoms with Crippen LogP contribution in [0.3, 0.4) is 0 Å². The lowest BCUT2D eigenvalue weighted by Crippen LogP contribution is -1.96. The number of rotatable bonds is 3. The molecule has 0 aliphatic rings. The molecule has 3 aromatic heterocycles. The SMILES string of the molecule is [2H]c1c([2H])c([2H])c(-n2c3c([2H])c([2H])c([2H])c([2H])c3c3c4c5c([2H])c([2H])c([2H])c([2H])c5n(-c5ccc6c(c5)c5ccccc5n6-c5ccccc5)c4c([2H])c([2H])c32)c([2H])c1[2H]. The Morgan fingerprint density at radius 2 is 0.889 bits per heavy atom. The molecular formula is C42H27N3. The van der Waals surface area contributed by atoms with Crippen molar-refractivity contribution in [2.75, 3.05) is 0 Å². The molecule has 10 aromatic rings. The van der Waals surface area contributed by atoms with Crippen LogP contribution in [0.2, 0.25) is 0 Å². The summed E-state index contributed by atoms with van der Waals surface area (Å²) in [5.74, 6) is 0. The van der Waals surface area contributed by atoms with Gasteiger partial charge in [-0.05, 0) is 72.7 Å². The third-order valence-electron chi connectivity index (χ3n) is 8.39. The Bertz CT molecular complexity index is 3580. The van der Waals surface area contributed by atoms with Gasteiger partial charge in [-0.1, -0.05) is 90.8 Å². The molecule has 0 atom stereocenters. The van der Waals surface area contributed by atoms with Crippen LogP contribution >= 0.6 is 0 Å². The molecule has 45 heavy (non-hydrogen) atoms. The van der Waals surface area contributed by atoms with Crippen LogP contribution in [0.1, 0.15) is 20.6 Å². The molecule has 0 fully saturated rings. The number of benzene rings is 7. The van der Waals surface area contributed by atoms with Gasteiger partial charge in [-0.15, -0.1) is 0 Å². The maximum atomic E-state index is 9.69. The van der Waals surface area contributed by atoms with Crippen LogP contribution in [0.4, 0.5) is 0 Å². The molecule has 0 aliphatic heterocycles. The molecule has 0 saturated carbocycles. The predicted octanol–water partition coefficient (Wildman–Crippen LogP) is 11.0. The minimum Gasteiger partial charge on any atom is -0.309 e. The Hall–Kier alpha value is -6.06. The van der Waals surface area contributed by atoms with Gasteiger partial charge in [-0.3, -0.25) is 0 Å². The van der Waals surface area contributed by atoms with Crippen molar-refractivity contribution in [3.05, 3.63) is 163 Å². The van der Waals surface area contributed by atoms with E-state index < -0.39 is 96.3 Å². The maximum Gasteiger partial charge on any atom is 0.0646 e. The van der Waals surface area contributed by atoms with Gasteiger partial charge in [0.2, 0.25) is 0 Å². The van der Waals surface area contributed by atoms with Gasteiger partial charge in [0, 0.05) is 49.4 Å². The van der Waals surface area contributed by atoms with Crippen molar-refractivity contribution in [3.8, 4) is 17.1 Å². The fourth-order valence-electron chi connectivity index (χ4n) is 6.63. The quantitative estimate of drug-likeness (QED) is 0.195. The number of nitrogens with zero attached hydrogens (tertiary/aromatic N) is 3. The van der Waals surface area contributed by atoms with E-state index in [9.17, 15) is 6.85 Å². The fraction of sp³-hybridized carbons (Fsp3) is 0.